The van der Waals surface area contributed by atoms with E-state index in [9.17, 15) is 4.79 Å². The first-order valence-corrected chi connectivity index (χ1v) is 6.09. The van der Waals surface area contributed by atoms with E-state index in [0.717, 1.165) is 5.56 Å². The van der Waals surface area contributed by atoms with Gasteiger partial charge in [-0.05, 0) is 23.2 Å². The normalized spacial score (nSPS) is 9.90. The number of benzene rings is 2. The highest BCUT2D eigenvalue weighted by atomic mass is 16.5. The van der Waals surface area contributed by atoms with Crippen LogP contribution in [-0.2, 0) is 11.3 Å². The van der Waals surface area contributed by atoms with Crippen molar-refractivity contribution in [1.82, 2.24) is 0 Å². The Bertz CT molecular complexity index is 574. The van der Waals surface area contributed by atoms with E-state index in [-0.39, 0.29) is 6.61 Å². The first kappa shape index (κ1) is 14.1. The number of nitrogens with one attached hydrogen (secondary N) is 1. The standard InChI is InChI=1S/C14H14BNO4/c17-14(20-10-11-5-2-1-3-6-11)16-13-8-4-7-12(9-13)15(18)19/h1-9,18-19H,10H2,(H,16,17). The number of hydrogen-bond acceptors (Lipinski definition) is 4. The zero-order chi connectivity index (χ0) is 14.4. The summed E-state index contributed by atoms with van der Waals surface area (Å²) in [5, 5.41) is 20.6. The molecule has 2 rings (SSSR count). The van der Waals surface area contributed by atoms with Crippen LogP contribution >= 0.6 is 0 Å². The quantitative estimate of drug-likeness (QED) is 0.728. The Hall–Kier alpha value is -2.31. The van der Waals surface area contributed by atoms with Crippen LogP contribution in [0.25, 0.3) is 0 Å². The Morgan fingerprint density at radius 3 is 2.55 bits per heavy atom. The van der Waals surface area contributed by atoms with Gasteiger partial charge in [0.2, 0.25) is 0 Å². The Balaban J connectivity index is 1.90. The Morgan fingerprint density at radius 1 is 1.10 bits per heavy atom. The third-order valence-electron chi connectivity index (χ3n) is 2.64. The molecule has 0 fully saturated rings. The Kier molecular flexibility index (Phi) is 4.76. The van der Waals surface area contributed by atoms with Gasteiger partial charge in [0.15, 0.2) is 0 Å². The van der Waals surface area contributed by atoms with Crippen molar-refractivity contribution in [1.29, 1.82) is 0 Å². The van der Waals surface area contributed by atoms with E-state index in [1.54, 1.807) is 18.2 Å². The van der Waals surface area contributed by atoms with E-state index in [2.05, 4.69) is 5.32 Å². The average molecular weight is 271 g/mol. The van der Waals surface area contributed by atoms with Crippen molar-refractivity contribution in [2.24, 2.45) is 0 Å². The zero-order valence-corrected chi connectivity index (χ0v) is 10.7. The molecule has 102 valence electrons. The van der Waals surface area contributed by atoms with Crippen molar-refractivity contribution >= 4 is 24.4 Å². The van der Waals surface area contributed by atoms with Gasteiger partial charge < -0.3 is 14.8 Å². The first-order valence-electron chi connectivity index (χ1n) is 6.09. The zero-order valence-electron chi connectivity index (χ0n) is 10.7. The van der Waals surface area contributed by atoms with Crippen molar-refractivity contribution in [2.75, 3.05) is 5.32 Å². The summed E-state index contributed by atoms with van der Waals surface area (Å²) in [6.45, 7) is 0.176. The molecule has 2 aromatic rings. The minimum atomic E-state index is -1.57. The third kappa shape index (κ3) is 4.12. The van der Waals surface area contributed by atoms with Gasteiger partial charge >= 0.3 is 13.2 Å². The van der Waals surface area contributed by atoms with Gasteiger partial charge in [-0.2, -0.15) is 0 Å². The van der Waals surface area contributed by atoms with Gasteiger partial charge in [0, 0.05) is 5.69 Å². The summed E-state index contributed by atoms with van der Waals surface area (Å²) in [7, 11) is -1.57. The van der Waals surface area contributed by atoms with Crippen LogP contribution in [0.15, 0.2) is 54.6 Å². The Morgan fingerprint density at radius 2 is 1.85 bits per heavy atom. The number of ether oxygens (including phenoxy) is 1. The van der Waals surface area contributed by atoms with E-state index in [1.807, 2.05) is 30.3 Å². The highest BCUT2D eigenvalue weighted by Gasteiger charge is 2.11. The fourth-order valence-electron chi connectivity index (χ4n) is 1.65. The second-order valence-electron chi connectivity index (χ2n) is 4.19. The number of amides is 1. The van der Waals surface area contributed by atoms with Crippen LogP contribution in [0.5, 0.6) is 0 Å². The maximum absolute atomic E-state index is 11.6. The molecule has 1 amide bonds. The molecule has 0 saturated heterocycles. The van der Waals surface area contributed by atoms with Gasteiger partial charge in [0.1, 0.15) is 6.61 Å². The summed E-state index contributed by atoms with van der Waals surface area (Å²) in [5.41, 5.74) is 1.63. The molecule has 0 aromatic heterocycles. The van der Waals surface area contributed by atoms with Crippen LogP contribution < -0.4 is 10.8 Å². The molecule has 0 radical (unpaired) electrons. The summed E-state index contributed by atoms with van der Waals surface area (Å²) in [4.78, 5) is 11.6. The van der Waals surface area contributed by atoms with E-state index in [1.165, 1.54) is 6.07 Å². The molecule has 0 saturated carbocycles. The lowest BCUT2D eigenvalue weighted by atomic mass is 9.80. The molecule has 5 nitrogen and oxygen atoms in total. The fraction of sp³-hybridized carbons (Fsp3) is 0.0714. The topological polar surface area (TPSA) is 78.8 Å². The van der Waals surface area contributed by atoms with Crippen LogP contribution in [0.2, 0.25) is 0 Å². The van der Waals surface area contributed by atoms with E-state index in [4.69, 9.17) is 14.8 Å². The van der Waals surface area contributed by atoms with Crippen molar-refractivity contribution in [2.45, 2.75) is 6.61 Å². The number of carbonyl (C=O) groups is 1. The molecule has 6 heteroatoms. The van der Waals surface area contributed by atoms with Gasteiger partial charge in [-0.1, -0.05) is 42.5 Å². The largest absolute Gasteiger partial charge is 0.488 e. The van der Waals surface area contributed by atoms with Gasteiger partial charge in [-0.15, -0.1) is 0 Å². The van der Waals surface area contributed by atoms with Gasteiger partial charge in [-0.25, -0.2) is 4.79 Å². The molecule has 0 spiro atoms. The third-order valence-corrected chi connectivity index (χ3v) is 2.64. The van der Waals surface area contributed by atoms with Crippen molar-refractivity contribution in [3.8, 4) is 0 Å². The highest BCUT2D eigenvalue weighted by Crippen LogP contribution is 2.06. The predicted octanol–water partition coefficient (Wildman–Crippen LogP) is 1.12. The summed E-state index contributed by atoms with van der Waals surface area (Å²) >= 11 is 0. The van der Waals surface area contributed by atoms with Crippen LogP contribution in [0, 0.1) is 0 Å². The summed E-state index contributed by atoms with van der Waals surface area (Å²) in [6, 6.07) is 15.6. The van der Waals surface area contributed by atoms with Crippen LogP contribution in [-0.4, -0.2) is 23.3 Å². The lowest BCUT2D eigenvalue weighted by Gasteiger charge is -2.08. The predicted molar refractivity (Wildman–Crippen MR) is 76.5 cm³/mol. The second kappa shape index (κ2) is 6.74. The SMILES string of the molecule is O=C(Nc1cccc(B(O)O)c1)OCc1ccccc1. The van der Waals surface area contributed by atoms with Gasteiger partial charge in [0.05, 0.1) is 0 Å². The first-order chi connectivity index (χ1) is 9.65. The molecule has 0 unspecified atom stereocenters. The van der Waals surface area contributed by atoms with Crippen LogP contribution in [0.1, 0.15) is 5.56 Å². The number of carbonyl (C=O) groups excluding carboxylic acids is 1. The summed E-state index contributed by atoms with van der Waals surface area (Å²) in [6.07, 6.45) is -0.599. The second-order valence-corrected chi connectivity index (χ2v) is 4.19. The highest BCUT2D eigenvalue weighted by molar-refractivity contribution is 6.58. The molecule has 0 aliphatic carbocycles. The maximum Gasteiger partial charge on any atom is 0.488 e. The van der Waals surface area contributed by atoms with Crippen molar-refractivity contribution < 1.29 is 19.6 Å². The molecular formula is C14H14BNO4. The molecular weight excluding hydrogens is 257 g/mol. The van der Waals surface area contributed by atoms with E-state index < -0.39 is 13.2 Å². The number of hydrogen-bond donors (Lipinski definition) is 3. The van der Waals surface area contributed by atoms with E-state index in [0.29, 0.717) is 11.2 Å². The van der Waals surface area contributed by atoms with E-state index >= 15 is 0 Å². The molecule has 3 N–H and O–H groups in total. The lowest BCUT2D eigenvalue weighted by Crippen LogP contribution is -2.30. The molecule has 0 aliphatic heterocycles. The average Bonchev–Trinajstić information content (AvgIpc) is 2.46. The van der Waals surface area contributed by atoms with Crippen LogP contribution in [0.4, 0.5) is 10.5 Å². The number of rotatable bonds is 4. The number of anilines is 1. The summed E-state index contributed by atoms with van der Waals surface area (Å²) in [5.74, 6) is 0. The smallest absolute Gasteiger partial charge is 0.444 e. The van der Waals surface area contributed by atoms with Crippen LogP contribution in [0.3, 0.4) is 0 Å². The molecule has 0 aliphatic rings. The molecule has 20 heavy (non-hydrogen) atoms. The molecule has 2 aromatic carbocycles. The maximum atomic E-state index is 11.6. The monoisotopic (exact) mass is 271 g/mol. The van der Waals surface area contributed by atoms with Gasteiger partial charge in [-0.3, -0.25) is 5.32 Å². The lowest BCUT2D eigenvalue weighted by molar-refractivity contribution is 0.155. The summed E-state index contributed by atoms with van der Waals surface area (Å²) < 4.78 is 5.06. The molecule has 0 atom stereocenters. The minimum absolute atomic E-state index is 0.176. The fourth-order valence-corrected chi connectivity index (χ4v) is 1.65. The van der Waals surface area contributed by atoms with Gasteiger partial charge in [0.25, 0.3) is 0 Å². The molecule has 0 bridgehead atoms. The van der Waals surface area contributed by atoms with Crippen molar-refractivity contribution in [3.05, 3.63) is 60.2 Å². The minimum Gasteiger partial charge on any atom is -0.444 e. The Labute approximate surface area is 117 Å². The molecule has 0 heterocycles. The van der Waals surface area contributed by atoms with Crippen molar-refractivity contribution in [3.63, 3.8) is 0 Å².